The van der Waals surface area contributed by atoms with Crippen LogP contribution < -0.4 is 10.9 Å². The van der Waals surface area contributed by atoms with Gasteiger partial charge in [0.2, 0.25) is 5.91 Å². The molecule has 1 amide bonds. The van der Waals surface area contributed by atoms with Crippen molar-refractivity contribution < 1.29 is 19.1 Å². The van der Waals surface area contributed by atoms with Gasteiger partial charge in [0.25, 0.3) is 5.56 Å². The molecule has 0 aliphatic heterocycles. The summed E-state index contributed by atoms with van der Waals surface area (Å²) in [6.07, 6.45) is 1.33. The number of rotatable bonds is 8. The van der Waals surface area contributed by atoms with Gasteiger partial charge in [0.05, 0.1) is 24.4 Å². The second-order valence-corrected chi connectivity index (χ2v) is 7.74. The molecule has 0 bridgehead atoms. The number of aromatic nitrogens is 2. The molecular formula is C21H23N3O5S. The molecule has 0 aliphatic carbocycles. The van der Waals surface area contributed by atoms with Gasteiger partial charge in [-0.25, -0.2) is 9.78 Å². The van der Waals surface area contributed by atoms with Gasteiger partial charge in [-0.15, -0.1) is 11.3 Å². The first-order chi connectivity index (χ1) is 14.4. The van der Waals surface area contributed by atoms with Crippen molar-refractivity contribution in [3.63, 3.8) is 0 Å². The molecule has 0 saturated heterocycles. The lowest BCUT2D eigenvalue weighted by Crippen LogP contribution is -2.34. The van der Waals surface area contributed by atoms with E-state index in [1.807, 2.05) is 37.3 Å². The summed E-state index contributed by atoms with van der Waals surface area (Å²) in [6, 6.07) is 9.36. The maximum atomic E-state index is 12.9. The predicted octanol–water partition coefficient (Wildman–Crippen LogP) is 2.45. The zero-order valence-electron chi connectivity index (χ0n) is 17.0. The lowest BCUT2D eigenvalue weighted by atomic mass is 10.1. The van der Waals surface area contributed by atoms with Gasteiger partial charge in [-0.3, -0.25) is 14.2 Å². The van der Waals surface area contributed by atoms with Crippen LogP contribution in [0, 0.1) is 6.92 Å². The predicted molar refractivity (Wildman–Crippen MR) is 114 cm³/mol. The zero-order chi connectivity index (χ0) is 21.7. The Kier molecular flexibility index (Phi) is 6.96. The maximum absolute atomic E-state index is 12.9. The fourth-order valence-electron chi connectivity index (χ4n) is 3.02. The van der Waals surface area contributed by atoms with Crippen LogP contribution in [-0.2, 0) is 20.8 Å². The summed E-state index contributed by atoms with van der Waals surface area (Å²) in [6.45, 7) is 3.80. The fourth-order valence-corrected chi connectivity index (χ4v) is 4.05. The van der Waals surface area contributed by atoms with Gasteiger partial charge >= 0.3 is 5.97 Å². The van der Waals surface area contributed by atoms with E-state index < -0.39 is 5.97 Å². The number of carbonyl (C=O) groups is 2. The van der Waals surface area contributed by atoms with Gasteiger partial charge in [-0.1, -0.05) is 30.3 Å². The van der Waals surface area contributed by atoms with Gasteiger partial charge in [0.1, 0.15) is 22.9 Å². The molecule has 2 aromatic heterocycles. The van der Waals surface area contributed by atoms with E-state index in [-0.39, 0.29) is 37.3 Å². The Hall–Kier alpha value is -3.04. The van der Waals surface area contributed by atoms with Crippen molar-refractivity contribution in [3.8, 4) is 0 Å². The number of hydrogen-bond acceptors (Lipinski definition) is 7. The highest BCUT2D eigenvalue weighted by Crippen LogP contribution is 2.27. The second kappa shape index (κ2) is 9.64. The van der Waals surface area contributed by atoms with Gasteiger partial charge in [-0.2, -0.15) is 0 Å². The third-order valence-electron chi connectivity index (χ3n) is 4.61. The molecule has 1 atom stereocenters. The van der Waals surface area contributed by atoms with E-state index in [2.05, 4.69) is 10.3 Å². The number of benzene rings is 1. The Morgan fingerprint density at radius 3 is 2.67 bits per heavy atom. The molecule has 0 saturated carbocycles. The molecule has 3 rings (SSSR count). The highest BCUT2D eigenvalue weighted by Gasteiger charge is 2.21. The van der Waals surface area contributed by atoms with Crippen LogP contribution in [0.4, 0.5) is 0 Å². The quantitative estimate of drug-likeness (QED) is 0.436. The summed E-state index contributed by atoms with van der Waals surface area (Å²) >= 11 is 1.10. The Morgan fingerprint density at radius 2 is 1.97 bits per heavy atom. The molecule has 0 spiro atoms. The summed E-state index contributed by atoms with van der Waals surface area (Å²) in [4.78, 5) is 42.7. The van der Waals surface area contributed by atoms with Crippen molar-refractivity contribution in [1.82, 2.24) is 14.9 Å². The first kappa shape index (κ1) is 21.7. The van der Waals surface area contributed by atoms with Gasteiger partial charge < -0.3 is 14.8 Å². The minimum Gasteiger partial charge on any atom is -0.459 e. The number of thiophene rings is 1. The van der Waals surface area contributed by atoms with Gasteiger partial charge in [0.15, 0.2) is 0 Å². The third-order valence-corrected chi connectivity index (χ3v) is 5.79. The smallest absolute Gasteiger partial charge is 0.348 e. The number of aryl methyl sites for hydroxylation is 1. The fraction of sp³-hybridized carbons (Fsp3) is 0.333. The van der Waals surface area contributed by atoms with Crippen molar-refractivity contribution in [2.75, 3.05) is 20.3 Å². The average Bonchev–Trinajstić information content (AvgIpc) is 3.08. The largest absolute Gasteiger partial charge is 0.459 e. The number of nitrogens with zero attached hydrogens (tertiary/aromatic N) is 2. The van der Waals surface area contributed by atoms with Gasteiger partial charge in [0, 0.05) is 7.11 Å². The van der Waals surface area contributed by atoms with E-state index in [1.165, 1.54) is 18.0 Å². The molecule has 1 N–H and O–H groups in total. The standard InChI is InChI=1S/C21H23N3O5S/c1-13-17-19(30-18(13)21(27)29-10-9-28-3)22-12-24(20(17)26)11-16(25)23-14(2)15-7-5-4-6-8-15/h4-8,12,14H,9-11H2,1-3H3,(H,23,25). The van der Waals surface area contributed by atoms with Crippen LogP contribution in [0.25, 0.3) is 10.2 Å². The lowest BCUT2D eigenvalue weighted by Gasteiger charge is -2.14. The molecule has 0 aliphatic rings. The zero-order valence-corrected chi connectivity index (χ0v) is 17.8. The highest BCUT2D eigenvalue weighted by molar-refractivity contribution is 7.20. The molecule has 3 aromatic rings. The summed E-state index contributed by atoms with van der Waals surface area (Å²) in [5.41, 5.74) is 1.10. The van der Waals surface area contributed by atoms with Crippen LogP contribution in [0.15, 0.2) is 41.5 Å². The number of methoxy groups -OCH3 is 1. The SMILES string of the molecule is COCCOC(=O)c1sc2ncn(CC(=O)NC(C)c3ccccc3)c(=O)c2c1C. The number of amides is 1. The highest BCUT2D eigenvalue weighted by atomic mass is 32.1. The number of ether oxygens (including phenoxy) is 2. The molecule has 1 unspecified atom stereocenters. The van der Waals surface area contributed by atoms with E-state index in [0.717, 1.165) is 16.9 Å². The van der Waals surface area contributed by atoms with Crippen LogP contribution >= 0.6 is 11.3 Å². The van der Waals surface area contributed by atoms with E-state index in [9.17, 15) is 14.4 Å². The molecular weight excluding hydrogens is 406 g/mol. The minimum atomic E-state index is -0.520. The molecule has 30 heavy (non-hydrogen) atoms. The van der Waals surface area contributed by atoms with Crippen molar-refractivity contribution in [2.24, 2.45) is 0 Å². The van der Waals surface area contributed by atoms with Crippen LogP contribution in [0.3, 0.4) is 0 Å². The summed E-state index contributed by atoms with van der Waals surface area (Å²) in [5, 5.41) is 3.20. The average molecular weight is 429 g/mol. The molecule has 8 nitrogen and oxygen atoms in total. The summed E-state index contributed by atoms with van der Waals surface area (Å²) in [7, 11) is 1.52. The Balaban J connectivity index is 1.78. The van der Waals surface area contributed by atoms with Crippen LogP contribution in [0.5, 0.6) is 0 Å². The number of carbonyl (C=O) groups excluding carboxylic acids is 2. The summed E-state index contributed by atoms with van der Waals surface area (Å²) < 4.78 is 11.3. The van der Waals surface area contributed by atoms with E-state index in [0.29, 0.717) is 20.7 Å². The number of esters is 1. The van der Waals surface area contributed by atoms with E-state index in [1.54, 1.807) is 6.92 Å². The molecule has 0 radical (unpaired) electrons. The molecule has 1 aromatic carbocycles. The third kappa shape index (κ3) is 4.74. The first-order valence-electron chi connectivity index (χ1n) is 9.41. The number of nitrogens with one attached hydrogen (secondary N) is 1. The van der Waals surface area contributed by atoms with E-state index in [4.69, 9.17) is 9.47 Å². The van der Waals surface area contributed by atoms with Crippen molar-refractivity contribution in [3.05, 3.63) is 63.0 Å². The second-order valence-electron chi connectivity index (χ2n) is 6.74. The topological polar surface area (TPSA) is 99.5 Å². The van der Waals surface area contributed by atoms with E-state index >= 15 is 0 Å². The lowest BCUT2D eigenvalue weighted by molar-refractivity contribution is -0.122. The van der Waals surface area contributed by atoms with Crippen molar-refractivity contribution in [1.29, 1.82) is 0 Å². The normalized spacial score (nSPS) is 12.0. The Bertz CT molecular complexity index is 1110. The van der Waals surface area contributed by atoms with Crippen LogP contribution in [0.2, 0.25) is 0 Å². The Morgan fingerprint density at radius 1 is 1.23 bits per heavy atom. The van der Waals surface area contributed by atoms with Crippen molar-refractivity contribution >= 4 is 33.4 Å². The van der Waals surface area contributed by atoms with Crippen LogP contribution in [-0.4, -0.2) is 41.8 Å². The van der Waals surface area contributed by atoms with Crippen LogP contribution in [0.1, 0.15) is 33.8 Å². The summed E-state index contributed by atoms with van der Waals surface area (Å²) in [5.74, 6) is -0.824. The van der Waals surface area contributed by atoms with Crippen molar-refractivity contribution in [2.45, 2.75) is 26.4 Å². The monoisotopic (exact) mass is 429 g/mol. The molecule has 9 heteroatoms. The first-order valence-corrected chi connectivity index (χ1v) is 10.2. The Labute approximate surface area is 177 Å². The van der Waals surface area contributed by atoms with Gasteiger partial charge in [-0.05, 0) is 25.0 Å². The number of fused-ring (bicyclic) bond motifs is 1. The molecule has 0 fully saturated rings. The minimum absolute atomic E-state index is 0.125. The molecule has 158 valence electrons. The number of hydrogen-bond donors (Lipinski definition) is 1. The molecule has 2 heterocycles. The maximum Gasteiger partial charge on any atom is 0.348 e.